The van der Waals surface area contributed by atoms with Crippen molar-refractivity contribution in [3.63, 3.8) is 0 Å². The van der Waals surface area contributed by atoms with Crippen LogP contribution < -0.4 is 20.3 Å². The molecule has 3 aromatic heterocycles. The third kappa shape index (κ3) is 5.25. The maximum Gasteiger partial charge on any atom is 0.250 e. The quantitative estimate of drug-likeness (QED) is 0.287. The highest BCUT2D eigenvalue weighted by Crippen LogP contribution is 2.44. The number of carbonyl (C=O) groups excluding carboxylic acids is 1. The van der Waals surface area contributed by atoms with Crippen molar-refractivity contribution >= 4 is 34.6 Å². The van der Waals surface area contributed by atoms with E-state index in [0.29, 0.717) is 23.1 Å². The first-order chi connectivity index (χ1) is 18.9. The van der Waals surface area contributed by atoms with Crippen LogP contribution in [0.3, 0.4) is 0 Å². The summed E-state index contributed by atoms with van der Waals surface area (Å²) in [5.74, 6) is 1.14. The Morgan fingerprint density at radius 2 is 2.00 bits per heavy atom. The third-order valence-corrected chi connectivity index (χ3v) is 7.25. The monoisotopic (exact) mass is 545 g/mol. The Labute approximate surface area is 232 Å². The van der Waals surface area contributed by atoms with E-state index in [4.69, 9.17) is 26.1 Å². The zero-order valence-electron chi connectivity index (χ0n) is 22.3. The molecule has 0 spiro atoms. The topological polar surface area (TPSA) is 93.8 Å². The molecule has 4 heterocycles. The summed E-state index contributed by atoms with van der Waals surface area (Å²) >= 11 is 5.91. The third-order valence-electron chi connectivity index (χ3n) is 6.93. The van der Waals surface area contributed by atoms with Gasteiger partial charge in [-0.15, -0.1) is 0 Å². The van der Waals surface area contributed by atoms with Crippen LogP contribution in [0.25, 0.3) is 0 Å². The van der Waals surface area contributed by atoms with Gasteiger partial charge in [0.2, 0.25) is 5.91 Å². The number of anilines is 2. The Bertz CT molecular complexity index is 1470. The predicted octanol–water partition coefficient (Wildman–Crippen LogP) is 4.91. The molecule has 10 heteroatoms. The van der Waals surface area contributed by atoms with Crippen molar-refractivity contribution in [1.29, 1.82) is 0 Å². The number of furan rings is 1. The number of pyridine rings is 1. The van der Waals surface area contributed by atoms with Crippen LogP contribution in [0.5, 0.6) is 5.75 Å². The highest BCUT2D eigenvalue weighted by Gasteiger charge is 2.42. The summed E-state index contributed by atoms with van der Waals surface area (Å²) in [5, 5.41) is 6.95. The number of benzene rings is 1. The Kier molecular flexibility index (Phi) is 7.67. The van der Waals surface area contributed by atoms with Crippen molar-refractivity contribution in [3.05, 3.63) is 95.5 Å². The zero-order valence-corrected chi connectivity index (χ0v) is 23.1. The van der Waals surface area contributed by atoms with E-state index in [1.165, 1.54) is 7.11 Å². The lowest BCUT2D eigenvalue weighted by Gasteiger charge is -2.29. The van der Waals surface area contributed by atoms with Gasteiger partial charge in [0.05, 0.1) is 43.4 Å². The number of amides is 1. The lowest BCUT2D eigenvalue weighted by molar-refractivity contribution is -0.119. The lowest BCUT2D eigenvalue weighted by atomic mass is 9.96. The number of nitrogens with zero attached hydrogens (tertiary/aromatic N) is 3. The van der Waals surface area contributed by atoms with Gasteiger partial charge in [-0.2, -0.15) is 0 Å². The largest absolute Gasteiger partial charge is 0.495 e. The van der Waals surface area contributed by atoms with E-state index >= 15 is 0 Å². The average molecular weight is 546 g/mol. The first-order valence-corrected chi connectivity index (χ1v) is 13.0. The molecule has 4 aromatic rings. The molecule has 1 aliphatic heterocycles. The molecule has 5 rings (SSSR count). The standard InChI is InChI=1S/C29H31N5O4S/c1-18-14-22(19(2)33(18)16-21-8-7-13-38-21)28-27(23-9-5-6-12-30-23)32-29(39)34(28)20-10-11-25(37-4)24(15-20)31-26(35)17-36-3/h5-15,27-28H,16-17H2,1-4H3,(H,31,35)(H,32,39)/t27-,28+/m0/s1. The fourth-order valence-corrected chi connectivity index (χ4v) is 5.48. The van der Waals surface area contributed by atoms with Gasteiger partial charge in [0, 0.05) is 30.4 Å². The fourth-order valence-electron chi connectivity index (χ4n) is 5.14. The van der Waals surface area contributed by atoms with Crippen LogP contribution >= 0.6 is 12.2 Å². The van der Waals surface area contributed by atoms with Crippen LogP contribution in [-0.4, -0.2) is 41.4 Å². The van der Waals surface area contributed by atoms with E-state index in [-0.39, 0.29) is 24.6 Å². The molecule has 0 saturated carbocycles. The molecule has 2 N–H and O–H groups in total. The number of thiocarbonyl (C=S) groups is 1. The maximum absolute atomic E-state index is 12.4. The second-order valence-corrected chi connectivity index (χ2v) is 9.74. The lowest BCUT2D eigenvalue weighted by Crippen LogP contribution is -2.29. The number of carbonyl (C=O) groups is 1. The van der Waals surface area contributed by atoms with Gasteiger partial charge in [0.1, 0.15) is 18.1 Å². The Morgan fingerprint density at radius 1 is 1.15 bits per heavy atom. The van der Waals surface area contributed by atoms with E-state index in [1.54, 1.807) is 19.6 Å². The van der Waals surface area contributed by atoms with E-state index in [0.717, 1.165) is 34.1 Å². The number of hydrogen-bond donors (Lipinski definition) is 2. The fraction of sp³-hybridized carbons (Fsp3) is 0.276. The number of aryl methyl sites for hydroxylation is 1. The van der Waals surface area contributed by atoms with E-state index in [9.17, 15) is 4.79 Å². The highest BCUT2D eigenvalue weighted by molar-refractivity contribution is 7.80. The first kappa shape index (κ1) is 26.5. The molecule has 0 bridgehead atoms. The minimum atomic E-state index is -0.278. The number of ether oxygens (including phenoxy) is 2. The molecule has 1 aliphatic rings. The normalized spacial score (nSPS) is 16.8. The molecule has 0 unspecified atom stereocenters. The number of hydrogen-bond acceptors (Lipinski definition) is 6. The van der Waals surface area contributed by atoms with E-state index in [2.05, 4.69) is 45.0 Å². The predicted molar refractivity (Wildman–Crippen MR) is 153 cm³/mol. The maximum atomic E-state index is 12.4. The van der Waals surface area contributed by atoms with Crippen molar-refractivity contribution in [2.45, 2.75) is 32.5 Å². The van der Waals surface area contributed by atoms with Crippen LogP contribution in [0.1, 0.15) is 40.5 Å². The van der Waals surface area contributed by atoms with Gasteiger partial charge in [-0.25, -0.2) is 0 Å². The zero-order chi connectivity index (χ0) is 27.5. The van der Waals surface area contributed by atoms with E-state index < -0.39 is 0 Å². The van der Waals surface area contributed by atoms with Crippen LogP contribution in [0.15, 0.2) is 71.5 Å². The Morgan fingerprint density at radius 3 is 2.69 bits per heavy atom. The van der Waals surface area contributed by atoms with E-state index in [1.807, 2.05) is 48.5 Å². The van der Waals surface area contributed by atoms with Gasteiger partial charge in [-0.05, 0) is 80.2 Å². The second kappa shape index (κ2) is 11.3. The second-order valence-electron chi connectivity index (χ2n) is 9.35. The summed E-state index contributed by atoms with van der Waals surface area (Å²) < 4.78 is 18.4. The minimum absolute atomic E-state index is 0.0664. The number of rotatable bonds is 9. The van der Waals surface area contributed by atoms with Gasteiger partial charge in [0.25, 0.3) is 0 Å². The minimum Gasteiger partial charge on any atom is -0.495 e. The average Bonchev–Trinajstić information content (AvgIpc) is 3.64. The van der Waals surface area contributed by atoms with Gasteiger partial charge < -0.3 is 34.0 Å². The highest BCUT2D eigenvalue weighted by atomic mass is 32.1. The molecule has 9 nitrogen and oxygen atoms in total. The molecule has 1 saturated heterocycles. The molecular weight excluding hydrogens is 514 g/mol. The summed E-state index contributed by atoms with van der Waals surface area (Å²) in [4.78, 5) is 19.1. The first-order valence-electron chi connectivity index (χ1n) is 12.6. The van der Waals surface area contributed by atoms with Crippen molar-refractivity contribution in [2.75, 3.05) is 31.0 Å². The van der Waals surface area contributed by atoms with Gasteiger partial charge in [0.15, 0.2) is 5.11 Å². The van der Waals surface area contributed by atoms with Crippen LogP contribution in [0.2, 0.25) is 0 Å². The van der Waals surface area contributed by atoms with Crippen molar-refractivity contribution < 1.29 is 18.7 Å². The number of aromatic nitrogens is 2. The summed E-state index contributed by atoms with van der Waals surface area (Å²) in [6.07, 6.45) is 3.48. The molecule has 202 valence electrons. The van der Waals surface area contributed by atoms with Gasteiger partial charge in [-0.1, -0.05) is 6.07 Å². The van der Waals surface area contributed by atoms with Crippen LogP contribution in [0.4, 0.5) is 11.4 Å². The molecule has 1 fully saturated rings. The van der Waals surface area contributed by atoms with Crippen LogP contribution in [0, 0.1) is 13.8 Å². The molecule has 1 aromatic carbocycles. The molecular formula is C29H31N5O4S. The molecule has 2 atom stereocenters. The van der Waals surface area contributed by atoms with Crippen LogP contribution in [-0.2, 0) is 16.1 Å². The SMILES string of the molecule is COCC(=O)Nc1cc(N2C(=S)N[C@@H](c3ccccn3)[C@H]2c2cc(C)n(Cc3ccco3)c2C)ccc1OC. The molecule has 0 aliphatic carbocycles. The number of nitrogens with one attached hydrogen (secondary N) is 2. The Balaban J connectivity index is 1.60. The molecule has 39 heavy (non-hydrogen) atoms. The number of methoxy groups -OCH3 is 2. The van der Waals surface area contributed by atoms with Crippen molar-refractivity contribution in [2.24, 2.45) is 0 Å². The van der Waals surface area contributed by atoms with Crippen molar-refractivity contribution in [1.82, 2.24) is 14.9 Å². The molecule has 1 amide bonds. The molecule has 0 radical (unpaired) electrons. The Hall–Kier alpha value is -4.15. The summed E-state index contributed by atoms with van der Waals surface area (Å²) in [7, 11) is 3.04. The smallest absolute Gasteiger partial charge is 0.250 e. The summed E-state index contributed by atoms with van der Waals surface area (Å²) in [5.41, 5.74) is 5.55. The van der Waals surface area contributed by atoms with Crippen molar-refractivity contribution in [3.8, 4) is 5.75 Å². The van der Waals surface area contributed by atoms with Gasteiger partial charge in [-0.3, -0.25) is 9.78 Å². The summed E-state index contributed by atoms with van der Waals surface area (Å²) in [6.45, 7) is 4.77. The van der Waals surface area contributed by atoms with Gasteiger partial charge >= 0.3 is 0 Å². The summed E-state index contributed by atoms with van der Waals surface area (Å²) in [6, 6.07) is 17.2.